The summed E-state index contributed by atoms with van der Waals surface area (Å²) in [7, 11) is 2.16. The third-order valence-electron chi connectivity index (χ3n) is 21.3. The molecule has 8 aliphatic carbocycles. The Morgan fingerprint density at radius 1 is 0.649 bits per heavy atom. The number of ether oxygens (including phenoxy) is 1. The summed E-state index contributed by atoms with van der Waals surface area (Å²) >= 11 is 0. The van der Waals surface area contributed by atoms with Crippen molar-refractivity contribution in [3.05, 3.63) is 111 Å². The molecule has 0 bridgehead atoms. The number of ketones is 2. The number of carbonyl (C=O) groups is 2. The fourth-order valence-electron chi connectivity index (χ4n) is 16.3. The Kier molecular flexibility index (Phi) is 13.0. The Labute approximate surface area is 441 Å². The molecule has 2 aromatic carbocycles. The molecule has 4 saturated carbocycles. The number of hydrogen-bond acceptors (Lipinski definition) is 8. The van der Waals surface area contributed by atoms with Crippen LogP contribution in [-0.4, -0.2) is 83.2 Å². The molecule has 10 atom stereocenters. The number of aliphatic hydroxyl groups excluding tert-OH is 2. The lowest BCUT2D eigenvalue weighted by Gasteiger charge is -2.54. The van der Waals surface area contributed by atoms with Gasteiger partial charge in [0, 0.05) is 65.6 Å². The molecule has 2 aromatic rings. The van der Waals surface area contributed by atoms with Gasteiger partial charge in [-0.15, -0.1) is 0 Å². The maximum atomic E-state index is 13.0. The molecule has 0 spiro atoms. The van der Waals surface area contributed by atoms with E-state index in [-0.39, 0.29) is 58.8 Å². The highest BCUT2D eigenvalue weighted by Gasteiger charge is 2.64. The third kappa shape index (κ3) is 8.48. The van der Waals surface area contributed by atoms with Crippen LogP contribution in [0.5, 0.6) is 0 Å². The van der Waals surface area contributed by atoms with Crippen LogP contribution in [0.1, 0.15) is 166 Å². The molecule has 1 saturated heterocycles. The first-order chi connectivity index (χ1) is 35.1. The van der Waals surface area contributed by atoms with E-state index >= 15 is 0 Å². The Bertz CT molecular complexity index is 2870. The van der Waals surface area contributed by atoms with Crippen molar-refractivity contribution in [3.63, 3.8) is 0 Å². The van der Waals surface area contributed by atoms with Gasteiger partial charge in [0.2, 0.25) is 0 Å². The molecule has 11 rings (SSSR count). The van der Waals surface area contributed by atoms with Gasteiger partial charge in [0.05, 0.1) is 31.8 Å². The largest absolute Gasteiger partial charge is 0.395 e. The van der Waals surface area contributed by atoms with Crippen LogP contribution >= 0.6 is 0 Å². The molecule has 8 heteroatoms. The molecular formula is C66H81NO7. The standard InChI is InChI=1S/C66H81NO7/c1-60(2,28-30-65(72)26-24-56-52-20-12-44-34-48(70)18-22-50(44)58(52)54(36-63(56,65)5)42-8-14-46(15-9-42)62(4,38-68)39-69)32-33-67(7)47-16-10-43(11-17-47)55-37-64(6)57(25-27-66(64,73)31-29-61(3)40-74-41-61)53-21-13-45-35-49(71)19-23-51(45)59(53)55/h8-11,14-17,34-35,52-57,68-69,72-73H,12-13,18-27,32-33,36-41H2,1-7H3/t52-,53-,54+,55+,56-,57-,63-,64-,65+,66+/m0/s1. The molecule has 5 fully saturated rings. The Morgan fingerprint density at radius 2 is 1.14 bits per heavy atom. The van der Waals surface area contributed by atoms with Crippen molar-refractivity contribution in [1.82, 2.24) is 0 Å². The summed E-state index contributed by atoms with van der Waals surface area (Å²) in [6.07, 6.45) is 15.9. The first-order valence-corrected chi connectivity index (χ1v) is 28.3. The molecule has 74 heavy (non-hydrogen) atoms. The summed E-state index contributed by atoms with van der Waals surface area (Å²) in [4.78, 5) is 27.7. The number of anilines is 1. The van der Waals surface area contributed by atoms with Gasteiger partial charge in [0.1, 0.15) is 11.2 Å². The van der Waals surface area contributed by atoms with Crippen molar-refractivity contribution >= 4 is 17.3 Å². The van der Waals surface area contributed by atoms with Crippen molar-refractivity contribution in [2.45, 2.75) is 166 Å². The topological polar surface area (TPSA) is 128 Å². The molecular weight excluding hydrogens is 919 g/mol. The molecule has 1 aliphatic heterocycles. The van der Waals surface area contributed by atoms with Gasteiger partial charge in [-0.2, -0.15) is 0 Å². The quantitative estimate of drug-likeness (QED) is 0.183. The Hall–Kier alpha value is -4.54. The van der Waals surface area contributed by atoms with E-state index in [9.17, 15) is 30.0 Å². The number of allylic oxidation sites excluding steroid dienone is 8. The molecule has 0 unspecified atom stereocenters. The maximum Gasteiger partial charge on any atom is 0.156 e. The van der Waals surface area contributed by atoms with Gasteiger partial charge in [-0.3, -0.25) is 9.59 Å². The van der Waals surface area contributed by atoms with Crippen LogP contribution < -0.4 is 4.90 Å². The molecule has 0 aromatic heterocycles. The zero-order valence-electron chi connectivity index (χ0n) is 45.3. The molecule has 8 nitrogen and oxygen atoms in total. The molecule has 0 amide bonds. The SMILES string of the molecule is CN(CCC(C)(C)C#C[C@]1(O)CC[C@H]2[C@@H]3CCC4=CC(=O)CCC4=C3[C@@H](c3ccc(C(C)(CO)CO)cc3)C[C@@]21C)c1ccc([C@H]2C[C@@]3(C)[C@@H](CC[C@@]3(O)C#CC3(C)COC3)[C@@H]3CCC4=CC(=O)CCC4=C32)cc1. The molecule has 392 valence electrons. The predicted octanol–water partition coefficient (Wildman–Crippen LogP) is 10.8. The smallest absolute Gasteiger partial charge is 0.156 e. The highest BCUT2D eigenvalue weighted by atomic mass is 16.5. The number of nitrogens with zero attached hydrogens (tertiary/aromatic N) is 1. The van der Waals surface area contributed by atoms with E-state index in [2.05, 4.69) is 119 Å². The highest BCUT2D eigenvalue weighted by molar-refractivity contribution is 5.93. The van der Waals surface area contributed by atoms with Crippen molar-refractivity contribution < 1.29 is 34.8 Å². The normalized spacial score (nSPS) is 35.0. The van der Waals surface area contributed by atoms with Crippen molar-refractivity contribution in [2.24, 2.45) is 45.3 Å². The van der Waals surface area contributed by atoms with Crippen LogP contribution in [0.15, 0.2) is 94.1 Å². The van der Waals surface area contributed by atoms with Gasteiger partial charge in [-0.05, 0) is 191 Å². The van der Waals surface area contributed by atoms with Crippen LogP contribution in [0.3, 0.4) is 0 Å². The molecule has 4 N–H and O–H groups in total. The molecule has 0 radical (unpaired) electrons. The third-order valence-corrected chi connectivity index (χ3v) is 21.3. The van der Waals surface area contributed by atoms with Gasteiger partial charge < -0.3 is 30.1 Å². The number of aliphatic hydroxyl groups is 4. The number of hydrogen-bond donors (Lipinski definition) is 4. The predicted molar refractivity (Wildman–Crippen MR) is 291 cm³/mol. The second-order valence-corrected chi connectivity index (χ2v) is 26.5. The Morgan fingerprint density at radius 3 is 1.61 bits per heavy atom. The highest BCUT2D eigenvalue weighted by Crippen LogP contribution is 2.68. The summed E-state index contributed by atoms with van der Waals surface area (Å²) in [5.74, 6) is 16.2. The second kappa shape index (κ2) is 18.6. The lowest BCUT2D eigenvalue weighted by atomic mass is 9.51. The van der Waals surface area contributed by atoms with E-state index in [4.69, 9.17) is 4.74 Å². The minimum Gasteiger partial charge on any atom is -0.395 e. The fourth-order valence-corrected chi connectivity index (χ4v) is 16.3. The average Bonchev–Trinajstić information content (AvgIpc) is 3.83. The summed E-state index contributed by atoms with van der Waals surface area (Å²) in [6, 6.07) is 17.6. The van der Waals surface area contributed by atoms with Gasteiger partial charge in [-0.25, -0.2) is 0 Å². The molecule has 9 aliphatic rings. The lowest BCUT2D eigenvalue weighted by molar-refractivity contribution is -0.115. The summed E-state index contributed by atoms with van der Waals surface area (Å²) in [6.45, 7) is 14.8. The van der Waals surface area contributed by atoms with Crippen LogP contribution in [0.2, 0.25) is 0 Å². The van der Waals surface area contributed by atoms with E-state index < -0.39 is 22.0 Å². The zero-order valence-corrected chi connectivity index (χ0v) is 45.3. The zero-order chi connectivity index (χ0) is 52.2. The van der Waals surface area contributed by atoms with Crippen molar-refractivity contribution in [2.75, 3.05) is 44.9 Å². The second-order valence-electron chi connectivity index (χ2n) is 26.5. The van der Waals surface area contributed by atoms with Crippen molar-refractivity contribution in [1.29, 1.82) is 0 Å². The number of benzene rings is 2. The first-order valence-electron chi connectivity index (χ1n) is 28.3. The fraction of sp³-hybridized carbons (Fsp3) is 0.606. The van der Waals surface area contributed by atoms with Gasteiger partial charge in [-0.1, -0.05) is 92.0 Å². The van der Waals surface area contributed by atoms with Gasteiger partial charge in [0.15, 0.2) is 11.6 Å². The Balaban J connectivity index is 0.829. The number of carbonyl (C=O) groups excluding carboxylic acids is 2. The minimum absolute atomic E-state index is 0.0597. The maximum absolute atomic E-state index is 13.0. The van der Waals surface area contributed by atoms with Gasteiger partial charge >= 0.3 is 0 Å². The number of fused-ring (bicyclic) bond motifs is 8. The average molecular weight is 1000 g/mol. The minimum atomic E-state index is -1.16. The first kappa shape index (κ1) is 51.6. The van der Waals surface area contributed by atoms with E-state index in [1.54, 1.807) is 0 Å². The van der Waals surface area contributed by atoms with Crippen LogP contribution in [0.25, 0.3) is 0 Å². The van der Waals surface area contributed by atoms with E-state index in [1.165, 1.54) is 44.6 Å². The van der Waals surface area contributed by atoms with Gasteiger partial charge in [0.25, 0.3) is 0 Å². The van der Waals surface area contributed by atoms with Crippen LogP contribution in [0, 0.1) is 69.0 Å². The van der Waals surface area contributed by atoms with Crippen molar-refractivity contribution in [3.8, 4) is 23.7 Å². The lowest BCUT2D eigenvalue weighted by Crippen LogP contribution is -2.51. The summed E-state index contributed by atoms with van der Waals surface area (Å²) in [5.41, 5.74) is 8.35. The van der Waals surface area contributed by atoms with Crippen LogP contribution in [0.4, 0.5) is 5.69 Å². The van der Waals surface area contributed by atoms with Crippen LogP contribution in [-0.2, 0) is 19.7 Å². The summed E-state index contributed by atoms with van der Waals surface area (Å²) in [5, 5.41) is 46.0. The van der Waals surface area contributed by atoms with E-state index in [0.717, 1.165) is 88.4 Å². The molecule has 1 heterocycles. The monoisotopic (exact) mass is 1000 g/mol. The summed E-state index contributed by atoms with van der Waals surface area (Å²) < 4.78 is 5.53. The van der Waals surface area contributed by atoms with E-state index in [1.807, 2.05) is 19.1 Å². The number of rotatable bonds is 9. The van der Waals surface area contributed by atoms with E-state index in [0.29, 0.717) is 56.7 Å².